The Bertz CT molecular complexity index is 1340. The molecule has 2 aromatic carbocycles. The first-order chi connectivity index (χ1) is 17.7. The summed E-state index contributed by atoms with van der Waals surface area (Å²) in [6, 6.07) is 14.3. The molecule has 2 heterocycles. The molecule has 1 aliphatic heterocycles. The van der Waals surface area contributed by atoms with Gasteiger partial charge in [0.15, 0.2) is 0 Å². The fourth-order valence-corrected chi connectivity index (χ4v) is 4.43. The van der Waals surface area contributed by atoms with E-state index in [-0.39, 0.29) is 31.3 Å². The van der Waals surface area contributed by atoms with Gasteiger partial charge in [0.05, 0.1) is 11.6 Å². The molecule has 1 aromatic heterocycles. The lowest BCUT2D eigenvalue weighted by atomic mass is 9.97. The number of anilines is 2. The molecule has 3 aromatic rings. The van der Waals surface area contributed by atoms with E-state index >= 15 is 0 Å². The van der Waals surface area contributed by atoms with Gasteiger partial charge in [0, 0.05) is 36.3 Å². The molecule has 0 radical (unpaired) electrons. The number of nitrogens with one attached hydrogen (secondary N) is 2. The highest BCUT2D eigenvalue weighted by atomic mass is 19.4. The fourth-order valence-electron chi connectivity index (χ4n) is 4.43. The second-order valence-corrected chi connectivity index (χ2v) is 9.57. The van der Waals surface area contributed by atoms with Gasteiger partial charge in [-0.15, -0.1) is 0 Å². The first-order valence-corrected chi connectivity index (χ1v) is 12.1. The van der Waals surface area contributed by atoms with Crippen molar-refractivity contribution >= 4 is 23.4 Å². The molecule has 1 atom stereocenters. The smallest absolute Gasteiger partial charge is 0.324 e. The lowest BCUT2D eigenvalue weighted by Gasteiger charge is -2.19. The summed E-state index contributed by atoms with van der Waals surface area (Å²) < 4.78 is 39.0. The number of halogens is 3. The van der Waals surface area contributed by atoms with Crippen molar-refractivity contribution in [3.63, 3.8) is 0 Å². The maximum Gasteiger partial charge on any atom is 0.393 e. The fraction of sp³-hybridized carbons (Fsp3) is 0.333. The summed E-state index contributed by atoms with van der Waals surface area (Å²) in [6.45, 7) is 1.68. The van der Waals surface area contributed by atoms with E-state index in [1.807, 2.05) is 43.3 Å². The quantitative estimate of drug-likeness (QED) is 0.450. The van der Waals surface area contributed by atoms with Crippen LogP contribution < -0.4 is 10.6 Å². The first kappa shape index (κ1) is 24.7. The molecule has 2 fully saturated rings. The number of hydrogen-bond acceptors (Lipinski definition) is 4. The number of rotatable bonds is 5. The molecule has 0 spiro atoms. The van der Waals surface area contributed by atoms with Crippen LogP contribution in [-0.4, -0.2) is 46.1 Å². The van der Waals surface area contributed by atoms with Crippen LogP contribution in [0.2, 0.25) is 0 Å². The van der Waals surface area contributed by atoms with Crippen molar-refractivity contribution < 1.29 is 22.8 Å². The summed E-state index contributed by atoms with van der Waals surface area (Å²) in [4.78, 5) is 34.4. The van der Waals surface area contributed by atoms with Crippen LogP contribution >= 0.6 is 0 Å². The minimum Gasteiger partial charge on any atom is -0.324 e. The number of alkyl halides is 3. The van der Waals surface area contributed by atoms with Gasteiger partial charge in [0.2, 0.25) is 5.91 Å². The van der Waals surface area contributed by atoms with Gasteiger partial charge in [0.25, 0.3) is 0 Å². The van der Waals surface area contributed by atoms with Gasteiger partial charge in [-0.1, -0.05) is 24.3 Å². The van der Waals surface area contributed by atoms with Gasteiger partial charge < -0.3 is 15.5 Å². The second kappa shape index (κ2) is 9.84. The van der Waals surface area contributed by atoms with Crippen LogP contribution in [0.1, 0.15) is 24.8 Å². The number of carbonyl (C=O) groups is 2. The SMILES string of the molecule is Cc1ccc(NC(=O)N2CC[C@@H](C(F)(F)F)C2)cc1-c1cccc(-c2cc(NC(=O)C3CC3)ncn2)c1. The number of hydrogen-bond donors (Lipinski definition) is 2. The average molecular weight is 510 g/mol. The van der Waals surface area contributed by atoms with E-state index in [2.05, 4.69) is 20.6 Å². The third-order valence-electron chi connectivity index (χ3n) is 6.76. The molecule has 2 N–H and O–H groups in total. The van der Waals surface area contributed by atoms with Crippen LogP contribution in [0.3, 0.4) is 0 Å². The summed E-state index contributed by atoms with van der Waals surface area (Å²) in [5.41, 5.74) is 4.69. The lowest BCUT2D eigenvalue weighted by molar-refractivity contribution is -0.169. The van der Waals surface area contributed by atoms with E-state index in [1.54, 1.807) is 12.1 Å². The van der Waals surface area contributed by atoms with Gasteiger partial charge in [-0.2, -0.15) is 13.2 Å². The number of aromatic nitrogens is 2. The Morgan fingerprint density at radius 1 is 0.973 bits per heavy atom. The number of benzene rings is 2. The van der Waals surface area contributed by atoms with Crippen LogP contribution in [0.25, 0.3) is 22.4 Å². The molecule has 1 aliphatic carbocycles. The van der Waals surface area contributed by atoms with Gasteiger partial charge in [0.1, 0.15) is 12.1 Å². The Morgan fingerprint density at radius 3 is 2.49 bits per heavy atom. The van der Waals surface area contributed by atoms with Crippen LogP contribution in [0, 0.1) is 18.8 Å². The molecule has 10 heteroatoms. The zero-order valence-electron chi connectivity index (χ0n) is 20.2. The maximum absolute atomic E-state index is 13.0. The molecule has 2 aliphatic rings. The molecule has 0 bridgehead atoms. The number of aryl methyl sites for hydroxylation is 1. The number of carbonyl (C=O) groups excluding carboxylic acids is 2. The van der Waals surface area contributed by atoms with Crippen molar-refractivity contribution in [1.82, 2.24) is 14.9 Å². The Labute approximate surface area is 212 Å². The van der Waals surface area contributed by atoms with Gasteiger partial charge in [-0.3, -0.25) is 4.79 Å². The van der Waals surface area contributed by atoms with E-state index in [9.17, 15) is 22.8 Å². The normalized spacial score (nSPS) is 17.5. The number of amides is 3. The number of likely N-dealkylation sites (tertiary alicyclic amines) is 1. The summed E-state index contributed by atoms with van der Waals surface area (Å²) in [5.74, 6) is -1.01. The molecule has 192 valence electrons. The number of urea groups is 1. The zero-order chi connectivity index (χ0) is 26.2. The topological polar surface area (TPSA) is 87.2 Å². The van der Waals surface area contributed by atoms with E-state index in [0.29, 0.717) is 17.2 Å². The maximum atomic E-state index is 13.0. The second-order valence-electron chi connectivity index (χ2n) is 9.57. The minimum atomic E-state index is -4.30. The molecular formula is C27H26F3N5O2. The van der Waals surface area contributed by atoms with Crippen molar-refractivity contribution in [2.75, 3.05) is 23.7 Å². The highest BCUT2D eigenvalue weighted by molar-refractivity contribution is 5.93. The van der Waals surface area contributed by atoms with E-state index < -0.39 is 18.1 Å². The van der Waals surface area contributed by atoms with E-state index in [4.69, 9.17) is 0 Å². The molecule has 37 heavy (non-hydrogen) atoms. The summed E-state index contributed by atoms with van der Waals surface area (Å²) in [7, 11) is 0. The average Bonchev–Trinajstić information content (AvgIpc) is 3.60. The Morgan fingerprint density at radius 2 is 1.76 bits per heavy atom. The van der Waals surface area contributed by atoms with Crippen LogP contribution in [0.4, 0.5) is 29.5 Å². The largest absolute Gasteiger partial charge is 0.393 e. The Balaban J connectivity index is 1.33. The Kier molecular flexibility index (Phi) is 6.57. The van der Waals surface area contributed by atoms with Crippen LogP contribution in [0.15, 0.2) is 54.9 Å². The predicted octanol–water partition coefficient (Wildman–Crippen LogP) is 5.88. The lowest BCUT2D eigenvalue weighted by Crippen LogP contribution is -2.35. The summed E-state index contributed by atoms with van der Waals surface area (Å²) >= 11 is 0. The highest BCUT2D eigenvalue weighted by Gasteiger charge is 2.44. The van der Waals surface area contributed by atoms with Gasteiger partial charge >= 0.3 is 12.2 Å². The van der Waals surface area contributed by atoms with Crippen LogP contribution in [0.5, 0.6) is 0 Å². The number of nitrogens with zero attached hydrogens (tertiary/aromatic N) is 3. The predicted molar refractivity (Wildman–Crippen MR) is 134 cm³/mol. The summed E-state index contributed by atoms with van der Waals surface area (Å²) in [6.07, 6.45) is -1.18. The third-order valence-corrected chi connectivity index (χ3v) is 6.76. The van der Waals surface area contributed by atoms with E-state index in [1.165, 1.54) is 11.2 Å². The molecule has 1 saturated heterocycles. The standard InChI is InChI=1S/C27H26F3N5O2/c1-16-5-8-21(33-26(37)35-10-9-20(14-35)27(28,29)30)12-22(16)18-3-2-4-19(11-18)23-13-24(32-15-31-23)34-25(36)17-6-7-17/h2-5,8,11-13,15,17,20H,6-7,9-10,14H2,1H3,(H,33,37)(H,31,32,34,36)/t20-/m1/s1. The van der Waals surface area contributed by atoms with Crippen molar-refractivity contribution in [1.29, 1.82) is 0 Å². The molecular weight excluding hydrogens is 483 g/mol. The van der Waals surface area contributed by atoms with Crippen molar-refractivity contribution in [2.24, 2.45) is 11.8 Å². The minimum absolute atomic E-state index is 0.0317. The molecule has 5 rings (SSSR count). The molecule has 1 saturated carbocycles. The summed E-state index contributed by atoms with van der Waals surface area (Å²) in [5, 5.41) is 5.57. The van der Waals surface area contributed by atoms with Crippen molar-refractivity contribution in [3.05, 3.63) is 60.4 Å². The highest BCUT2D eigenvalue weighted by Crippen LogP contribution is 2.34. The van der Waals surface area contributed by atoms with Crippen molar-refractivity contribution in [3.8, 4) is 22.4 Å². The molecule has 3 amide bonds. The molecule has 7 nitrogen and oxygen atoms in total. The van der Waals surface area contributed by atoms with E-state index in [0.717, 1.165) is 35.1 Å². The van der Waals surface area contributed by atoms with Gasteiger partial charge in [-0.25, -0.2) is 14.8 Å². The van der Waals surface area contributed by atoms with Crippen molar-refractivity contribution in [2.45, 2.75) is 32.4 Å². The van der Waals surface area contributed by atoms with Crippen LogP contribution in [-0.2, 0) is 4.79 Å². The molecule has 0 unspecified atom stereocenters. The third kappa shape index (κ3) is 5.73. The van der Waals surface area contributed by atoms with Gasteiger partial charge in [-0.05, 0) is 61.1 Å². The zero-order valence-corrected chi connectivity index (χ0v) is 20.2. The Hall–Kier alpha value is -3.95. The first-order valence-electron chi connectivity index (χ1n) is 12.1. The monoisotopic (exact) mass is 509 g/mol.